The number of aromatic nitrogens is 1. The van der Waals surface area contributed by atoms with Crippen LogP contribution in [0.5, 0.6) is 0 Å². The highest BCUT2D eigenvalue weighted by Gasteiger charge is 2.37. The zero-order valence-electron chi connectivity index (χ0n) is 24.2. The number of amides is 1. The van der Waals surface area contributed by atoms with Gasteiger partial charge in [-0.3, -0.25) is 14.5 Å². The van der Waals surface area contributed by atoms with E-state index in [1.54, 1.807) is 7.11 Å². The zero-order valence-corrected chi connectivity index (χ0v) is 25.0. The summed E-state index contributed by atoms with van der Waals surface area (Å²) < 4.78 is 11.0. The molecule has 9 heteroatoms. The molecular weight excluding hydrogens is 512 g/mol. The van der Waals surface area contributed by atoms with Crippen LogP contribution in [-0.4, -0.2) is 85.4 Å². The lowest BCUT2D eigenvalue weighted by Gasteiger charge is -2.47. The van der Waals surface area contributed by atoms with Crippen LogP contribution < -0.4 is 10.5 Å². The number of hydrogen-bond acceptors (Lipinski definition) is 7. The monoisotopic (exact) mass is 556 g/mol. The van der Waals surface area contributed by atoms with Gasteiger partial charge in [0.15, 0.2) is 0 Å². The molecule has 2 aromatic heterocycles. The second kappa shape index (κ2) is 12.1. The van der Waals surface area contributed by atoms with Crippen LogP contribution in [0.1, 0.15) is 70.2 Å². The van der Waals surface area contributed by atoms with Crippen molar-refractivity contribution in [2.75, 3.05) is 51.4 Å². The van der Waals surface area contributed by atoms with Crippen molar-refractivity contribution in [1.82, 2.24) is 14.8 Å². The van der Waals surface area contributed by atoms with E-state index >= 15 is 0 Å². The molecule has 0 unspecified atom stereocenters. The Morgan fingerprint density at radius 3 is 2.51 bits per heavy atom. The minimum atomic E-state index is -0.0889. The Kier molecular flexibility index (Phi) is 8.81. The molecule has 2 fully saturated rings. The number of nitrogens with one attached hydrogen (secondary N) is 1. The molecule has 2 aliphatic heterocycles. The first-order valence-electron chi connectivity index (χ1n) is 14.5. The normalized spacial score (nSPS) is 22.2. The van der Waals surface area contributed by atoms with Gasteiger partial charge in [0.2, 0.25) is 0 Å². The van der Waals surface area contributed by atoms with Crippen molar-refractivity contribution in [3.05, 3.63) is 49.2 Å². The number of rotatable bonds is 10. The molecule has 1 aliphatic carbocycles. The smallest absolute Gasteiger partial charge is 0.255 e. The maximum absolute atomic E-state index is 13.7. The van der Waals surface area contributed by atoms with Gasteiger partial charge in [-0.05, 0) is 70.6 Å². The molecule has 1 amide bonds. The average molecular weight is 557 g/mol. The van der Waals surface area contributed by atoms with Gasteiger partial charge >= 0.3 is 0 Å². The Hall–Kier alpha value is -2.20. The first kappa shape index (κ1) is 28.3. The number of anilines is 1. The van der Waals surface area contributed by atoms with E-state index in [0.29, 0.717) is 50.1 Å². The molecule has 0 bridgehead atoms. The summed E-state index contributed by atoms with van der Waals surface area (Å²) in [6.07, 6.45) is 6.00. The van der Waals surface area contributed by atoms with Gasteiger partial charge in [0.25, 0.3) is 11.5 Å². The van der Waals surface area contributed by atoms with E-state index in [1.807, 2.05) is 36.2 Å². The number of H-pyrrole nitrogens is 1. The van der Waals surface area contributed by atoms with Crippen molar-refractivity contribution in [2.45, 2.75) is 84.5 Å². The van der Waals surface area contributed by atoms with Gasteiger partial charge in [0, 0.05) is 67.9 Å². The molecule has 5 rings (SSSR count). The fraction of sp³-hybridized carbons (Fsp3) is 0.667. The first-order chi connectivity index (χ1) is 18.8. The summed E-state index contributed by atoms with van der Waals surface area (Å²) in [7, 11) is 1.71. The number of fused-ring (bicyclic) bond motifs is 1. The number of nitrogens with zero attached hydrogens (tertiary/aromatic N) is 3. The van der Waals surface area contributed by atoms with Gasteiger partial charge in [-0.15, -0.1) is 11.3 Å². The van der Waals surface area contributed by atoms with Crippen LogP contribution in [0.2, 0.25) is 0 Å². The lowest BCUT2D eigenvalue weighted by atomic mass is 9.87. The molecule has 0 radical (unpaired) electrons. The average Bonchev–Trinajstić information content (AvgIpc) is 3.21. The minimum Gasteiger partial charge on any atom is -0.382 e. The maximum atomic E-state index is 13.7. The second-order valence-electron chi connectivity index (χ2n) is 11.4. The van der Waals surface area contributed by atoms with Gasteiger partial charge in [-0.2, -0.15) is 0 Å². The highest BCUT2D eigenvalue weighted by molar-refractivity contribution is 7.16. The number of likely N-dealkylation sites (tertiary alicyclic amines) is 1. The van der Waals surface area contributed by atoms with Crippen LogP contribution in [0.25, 0.3) is 0 Å². The van der Waals surface area contributed by atoms with Gasteiger partial charge in [0.05, 0.1) is 36.4 Å². The molecule has 1 N–H and O–H groups in total. The third-order valence-electron chi connectivity index (χ3n) is 8.89. The van der Waals surface area contributed by atoms with Crippen LogP contribution in [0, 0.1) is 20.8 Å². The van der Waals surface area contributed by atoms with Crippen LogP contribution >= 0.6 is 11.3 Å². The number of carbonyl (C=O) groups is 1. The fourth-order valence-electron chi connectivity index (χ4n) is 6.68. The molecular formula is C30H44N4O4S. The largest absolute Gasteiger partial charge is 0.382 e. The SMILES string of the molecule is CCN(c1sc2c(c1C)C(=O)N(Cc1c(C)cc(C)[nH]c1=O)CC2)C1CCC(N2CC(OCCOC)C2)CC1. The summed E-state index contributed by atoms with van der Waals surface area (Å²) in [5.41, 5.74) is 4.37. The summed E-state index contributed by atoms with van der Waals surface area (Å²) in [6, 6.07) is 3.15. The lowest BCUT2D eigenvalue weighted by Crippen LogP contribution is -2.58. The van der Waals surface area contributed by atoms with Crippen LogP contribution in [0.15, 0.2) is 10.9 Å². The maximum Gasteiger partial charge on any atom is 0.255 e. The molecule has 1 saturated carbocycles. The molecule has 0 aromatic carbocycles. The number of aromatic amines is 1. The molecule has 3 aliphatic rings. The van der Waals surface area contributed by atoms with E-state index in [-0.39, 0.29) is 11.5 Å². The number of thiophene rings is 1. The highest BCUT2D eigenvalue weighted by atomic mass is 32.1. The Balaban J connectivity index is 1.22. The third kappa shape index (κ3) is 5.82. The van der Waals surface area contributed by atoms with Gasteiger partial charge in [0.1, 0.15) is 0 Å². The number of ether oxygens (including phenoxy) is 2. The van der Waals surface area contributed by atoms with E-state index in [4.69, 9.17) is 9.47 Å². The molecule has 1 saturated heterocycles. The third-order valence-corrected chi connectivity index (χ3v) is 10.3. The molecule has 2 aromatic rings. The van der Waals surface area contributed by atoms with E-state index in [2.05, 4.69) is 28.6 Å². The van der Waals surface area contributed by atoms with Crippen LogP contribution in [-0.2, 0) is 22.4 Å². The van der Waals surface area contributed by atoms with E-state index < -0.39 is 0 Å². The first-order valence-corrected chi connectivity index (χ1v) is 15.3. The van der Waals surface area contributed by atoms with Crippen molar-refractivity contribution in [1.29, 1.82) is 0 Å². The van der Waals surface area contributed by atoms with Crippen molar-refractivity contribution >= 4 is 22.2 Å². The standard InChI is InChI=1S/C30H44N4O4S/c1-6-34(23-9-7-22(8-10-23)33-16-24(17-33)38-14-13-37-5)30-21(4)27-26(39-30)11-12-32(29(27)36)18-25-19(2)15-20(3)31-28(25)35/h15,22-24H,6-14,16-18H2,1-5H3,(H,31,35). The number of carbonyl (C=O) groups excluding carboxylic acids is 1. The van der Waals surface area contributed by atoms with E-state index in [0.717, 1.165) is 48.4 Å². The second-order valence-corrected chi connectivity index (χ2v) is 12.5. The predicted octanol–water partition coefficient (Wildman–Crippen LogP) is 4.04. The fourth-order valence-corrected chi connectivity index (χ4v) is 8.10. The predicted molar refractivity (Wildman–Crippen MR) is 156 cm³/mol. The van der Waals surface area contributed by atoms with Crippen molar-refractivity contribution in [3.63, 3.8) is 0 Å². The quantitative estimate of drug-likeness (QED) is 0.445. The summed E-state index contributed by atoms with van der Waals surface area (Å²) in [5, 5.41) is 1.26. The topological polar surface area (TPSA) is 78.1 Å². The molecule has 0 atom stereocenters. The number of methoxy groups -OCH3 is 1. The minimum absolute atomic E-state index is 0.0652. The summed E-state index contributed by atoms with van der Waals surface area (Å²) in [4.78, 5) is 37.4. The van der Waals surface area contributed by atoms with Gasteiger partial charge in [-0.1, -0.05) is 0 Å². The van der Waals surface area contributed by atoms with Gasteiger partial charge in [-0.25, -0.2) is 0 Å². The molecule has 4 heterocycles. The highest BCUT2D eigenvalue weighted by Crippen LogP contribution is 2.42. The number of pyridine rings is 1. The molecule has 0 spiro atoms. The van der Waals surface area contributed by atoms with E-state index in [1.165, 1.54) is 35.6 Å². The molecule has 214 valence electrons. The van der Waals surface area contributed by atoms with Crippen molar-refractivity contribution in [2.24, 2.45) is 0 Å². The van der Waals surface area contributed by atoms with Crippen molar-refractivity contribution < 1.29 is 14.3 Å². The zero-order chi connectivity index (χ0) is 27.7. The molecule has 39 heavy (non-hydrogen) atoms. The Morgan fingerprint density at radius 1 is 1.10 bits per heavy atom. The van der Waals surface area contributed by atoms with Crippen LogP contribution in [0.3, 0.4) is 0 Å². The van der Waals surface area contributed by atoms with Gasteiger partial charge < -0.3 is 24.3 Å². The summed E-state index contributed by atoms with van der Waals surface area (Å²) in [5.74, 6) is 0.0652. The van der Waals surface area contributed by atoms with E-state index in [9.17, 15) is 9.59 Å². The Bertz CT molecular complexity index is 1230. The number of hydrogen-bond donors (Lipinski definition) is 1. The Labute approximate surface area is 236 Å². The summed E-state index contributed by atoms with van der Waals surface area (Å²) >= 11 is 1.81. The lowest BCUT2D eigenvalue weighted by molar-refractivity contribution is -0.0869. The van der Waals surface area contributed by atoms with Crippen LogP contribution in [0.4, 0.5) is 5.00 Å². The van der Waals surface area contributed by atoms with Crippen molar-refractivity contribution in [3.8, 4) is 0 Å². The number of aryl methyl sites for hydroxylation is 2. The molecule has 8 nitrogen and oxygen atoms in total. The summed E-state index contributed by atoms with van der Waals surface area (Å²) in [6.45, 7) is 13.6. The Morgan fingerprint density at radius 2 is 1.85 bits per heavy atom.